The van der Waals surface area contributed by atoms with Gasteiger partial charge < -0.3 is 14.8 Å². The minimum absolute atomic E-state index is 0.0245. The zero-order chi connectivity index (χ0) is 20.5. The maximum absolute atomic E-state index is 12.2. The van der Waals surface area contributed by atoms with Crippen molar-refractivity contribution in [2.45, 2.75) is 25.3 Å². The largest absolute Gasteiger partial charge is 0.490 e. The van der Waals surface area contributed by atoms with Gasteiger partial charge in [-0.25, -0.2) is 4.79 Å². The monoisotopic (exact) mass is 391 g/mol. The minimum atomic E-state index is -0.559. The zero-order valence-corrected chi connectivity index (χ0v) is 16.3. The van der Waals surface area contributed by atoms with E-state index in [0.717, 1.165) is 36.1 Å². The molecule has 5 nitrogen and oxygen atoms in total. The molecule has 1 atom stereocenters. The highest BCUT2D eigenvalue weighted by Crippen LogP contribution is 2.29. The van der Waals surface area contributed by atoms with Gasteiger partial charge in [-0.2, -0.15) is 0 Å². The quantitative estimate of drug-likeness (QED) is 0.420. The summed E-state index contributed by atoms with van der Waals surface area (Å²) in [5.74, 6) is -0.126. The van der Waals surface area contributed by atoms with Gasteiger partial charge in [0.15, 0.2) is 6.61 Å². The van der Waals surface area contributed by atoms with Crippen molar-refractivity contribution in [3.05, 3.63) is 84.0 Å². The summed E-state index contributed by atoms with van der Waals surface area (Å²) in [5.41, 5.74) is 3.25. The molecule has 150 valence electrons. The molecule has 0 unspecified atom stereocenters. The van der Waals surface area contributed by atoms with E-state index < -0.39 is 5.97 Å². The summed E-state index contributed by atoms with van der Waals surface area (Å²) in [5, 5.41) is 2.97. The van der Waals surface area contributed by atoms with Gasteiger partial charge in [0.25, 0.3) is 5.91 Å². The van der Waals surface area contributed by atoms with Crippen LogP contribution in [0.1, 0.15) is 35.6 Å². The van der Waals surface area contributed by atoms with Crippen LogP contribution in [0.3, 0.4) is 0 Å². The van der Waals surface area contributed by atoms with Crippen LogP contribution in [0.2, 0.25) is 0 Å². The fraction of sp³-hybridized carbons (Fsp3) is 0.250. The first kappa shape index (κ1) is 20.4. The average molecular weight is 391 g/mol. The summed E-state index contributed by atoms with van der Waals surface area (Å²) in [6.07, 6.45) is 7.57. The highest BCUT2D eigenvalue weighted by molar-refractivity contribution is 5.89. The normalized spacial score (nSPS) is 15.4. The lowest BCUT2D eigenvalue weighted by Gasteiger charge is -2.26. The second kappa shape index (κ2) is 10.3. The van der Waals surface area contributed by atoms with E-state index >= 15 is 0 Å². The maximum atomic E-state index is 12.2. The van der Waals surface area contributed by atoms with Gasteiger partial charge in [-0.15, -0.1) is 0 Å². The van der Waals surface area contributed by atoms with Gasteiger partial charge in [0.2, 0.25) is 0 Å². The topological polar surface area (TPSA) is 64.6 Å². The number of amides is 1. The average Bonchev–Trinajstić information content (AvgIpc) is 2.76. The third kappa shape index (κ3) is 6.07. The highest BCUT2D eigenvalue weighted by atomic mass is 16.5. The highest BCUT2D eigenvalue weighted by Gasteiger charge is 2.21. The van der Waals surface area contributed by atoms with Gasteiger partial charge in [0.1, 0.15) is 12.4 Å². The Morgan fingerprint density at radius 1 is 1.14 bits per heavy atom. The zero-order valence-electron chi connectivity index (χ0n) is 16.3. The molecule has 3 rings (SSSR count). The number of benzene rings is 2. The van der Waals surface area contributed by atoms with E-state index in [1.165, 1.54) is 11.6 Å². The lowest BCUT2D eigenvalue weighted by atomic mass is 9.88. The van der Waals surface area contributed by atoms with Crippen molar-refractivity contribution in [1.29, 1.82) is 0 Å². The van der Waals surface area contributed by atoms with Crippen LogP contribution >= 0.6 is 0 Å². The van der Waals surface area contributed by atoms with Crippen molar-refractivity contribution in [1.82, 2.24) is 5.32 Å². The summed E-state index contributed by atoms with van der Waals surface area (Å²) < 4.78 is 10.5. The number of aryl methyl sites for hydroxylation is 1. The van der Waals surface area contributed by atoms with Gasteiger partial charge in [-0.3, -0.25) is 4.79 Å². The van der Waals surface area contributed by atoms with E-state index in [1.54, 1.807) is 12.2 Å². The molecule has 2 aromatic rings. The molecule has 5 heteroatoms. The Balaban J connectivity index is 1.45. The van der Waals surface area contributed by atoms with Crippen LogP contribution in [0, 0.1) is 0 Å². The van der Waals surface area contributed by atoms with E-state index in [4.69, 9.17) is 9.47 Å². The maximum Gasteiger partial charge on any atom is 0.331 e. The second-order valence-corrected chi connectivity index (χ2v) is 6.82. The van der Waals surface area contributed by atoms with Crippen molar-refractivity contribution in [2.75, 3.05) is 13.2 Å². The number of carbonyl (C=O) groups excluding carboxylic acids is 2. The number of hydrogen-bond acceptors (Lipinski definition) is 4. The van der Waals surface area contributed by atoms with E-state index in [2.05, 4.69) is 18.0 Å². The van der Waals surface area contributed by atoms with Gasteiger partial charge in [0.05, 0.1) is 6.04 Å². The van der Waals surface area contributed by atoms with Crippen molar-refractivity contribution >= 4 is 18.0 Å². The number of esters is 1. The van der Waals surface area contributed by atoms with Crippen molar-refractivity contribution in [3.8, 4) is 5.75 Å². The summed E-state index contributed by atoms with van der Waals surface area (Å²) in [6, 6.07) is 15.4. The van der Waals surface area contributed by atoms with Crippen LogP contribution in [-0.4, -0.2) is 25.1 Å². The molecule has 1 aliphatic carbocycles. The van der Waals surface area contributed by atoms with Crippen LogP contribution < -0.4 is 10.1 Å². The molecule has 1 amide bonds. The Kier molecular flexibility index (Phi) is 7.22. The first-order valence-corrected chi connectivity index (χ1v) is 9.71. The van der Waals surface area contributed by atoms with E-state index in [1.807, 2.05) is 42.5 Å². The molecule has 0 saturated heterocycles. The standard InChI is InChI=1S/C24H25NO4/c1-2-16-28-20-13-10-18(11-14-20)12-15-24(27)29-17-23(26)25-22-9-5-7-19-6-3-4-8-21(19)22/h2-4,6,8,10-15,22H,1,5,7,9,16-17H2,(H,25,26)/b15-12+/t22-/m1/s1. The fourth-order valence-electron chi connectivity index (χ4n) is 3.32. The molecule has 0 aliphatic heterocycles. The van der Waals surface area contributed by atoms with Crippen LogP contribution in [0.25, 0.3) is 6.08 Å². The lowest BCUT2D eigenvalue weighted by molar-refractivity contribution is -0.144. The molecule has 1 aliphatic rings. The molecular formula is C24H25NO4. The van der Waals surface area contributed by atoms with Crippen molar-refractivity contribution < 1.29 is 19.1 Å². The second-order valence-electron chi connectivity index (χ2n) is 6.82. The summed E-state index contributed by atoms with van der Waals surface area (Å²) >= 11 is 0. The first-order chi connectivity index (χ1) is 14.2. The number of nitrogens with one attached hydrogen (secondary N) is 1. The SMILES string of the molecule is C=CCOc1ccc(/C=C/C(=O)OCC(=O)N[C@@H]2CCCc3ccccc32)cc1. The smallest absolute Gasteiger partial charge is 0.331 e. The molecule has 0 aromatic heterocycles. The van der Waals surface area contributed by atoms with Crippen molar-refractivity contribution in [3.63, 3.8) is 0 Å². The van der Waals surface area contributed by atoms with Crippen LogP contribution in [0.4, 0.5) is 0 Å². The molecule has 0 radical (unpaired) electrons. The summed E-state index contributed by atoms with van der Waals surface area (Å²) in [7, 11) is 0. The molecular weight excluding hydrogens is 366 g/mol. The molecule has 0 fully saturated rings. The Labute approximate surface area is 171 Å². The molecule has 29 heavy (non-hydrogen) atoms. The molecule has 2 aromatic carbocycles. The number of fused-ring (bicyclic) bond motifs is 1. The van der Waals surface area contributed by atoms with Gasteiger partial charge in [0, 0.05) is 6.08 Å². The molecule has 0 heterocycles. The number of hydrogen-bond donors (Lipinski definition) is 1. The predicted molar refractivity (Wildman–Crippen MR) is 112 cm³/mol. The third-order valence-corrected chi connectivity index (χ3v) is 4.71. The van der Waals surface area contributed by atoms with Gasteiger partial charge in [-0.1, -0.05) is 49.1 Å². The molecule has 0 bridgehead atoms. The molecule has 0 spiro atoms. The van der Waals surface area contributed by atoms with Crippen LogP contribution in [0.5, 0.6) is 5.75 Å². The van der Waals surface area contributed by atoms with Gasteiger partial charge >= 0.3 is 5.97 Å². The van der Waals surface area contributed by atoms with E-state index in [0.29, 0.717) is 6.61 Å². The molecule has 0 saturated carbocycles. The Hall–Kier alpha value is -3.34. The minimum Gasteiger partial charge on any atom is -0.490 e. The Morgan fingerprint density at radius 2 is 1.93 bits per heavy atom. The number of ether oxygens (including phenoxy) is 2. The van der Waals surface area contributed by atoms with Crippen LogP contribution in [-0.2, 0) is 20.7 Å². The number of carbonyl (C=O) groups is 2. The van der Waals surface area contributed by atoms with Crippen molar-refractivity contribution in [2.24, 2.45) is 0 Å². The third-order valence-electron chi connectivity index (χ3n) is 4.71. The van der Waals surface area contributed by atoms with E-state index in [-0.39, 0.29) is 18.6 Å². The lowest BCUT2D eigenvalue weighted by Crippen LogP contribution is -2.34. The summed E-state index contributed by atoms with van der Waals surface area (Å²) in [4.78, 5) is 24.1. The summed E-state index contributed by atoms with van der Waals surface area (Å²) in [6.45, 7) is 3.74. The first-order valence-electron chi connectivity index (χ1n) is 9.71. The Bertz CT molecular complexity index is 886. The van der Waals surface area contributed by atoms with E-state index in [9.17, 15) is 9.59 Å². The Morgan fingerprint density at radius 3 is 2.72 bits per heavy atom. The van der Waals surface area contributed by atoms with Crippen LogP contribution in [0.15, 0.2) is 67.3 Å². The fourth-order valence-corrected chi connectivity index (χ4v) is 3.32. The van der Waals surface area contributed by atoms with Gasteiger partial charge in [-0.05, 0) is 54.2 Å². The number of rotatable bonds is 8. The predicted octanol–water partition coefficient (Wildman–Crippen LogP) is 4.00. The molecule has 1 N–H and O–H groups in total.